The van der Waals surface area contributed by atoms with Gasteiger partial charge in [0.15, 0.2) is 0 Å². The highest BCUT2D eigenvalue weighted by molar-refractivity contribution is 8.00. The van der Waals surface area contributed by atoms with Crippen LogP contribution >= 0.6 is 11.8 Å². The van der Waals surface area contributed by atoms with Crippen LogP contribution in [0.25, 0.3) is 0 Å². The molecule has 5 atom stereocenters. The van der Waals surface area contributed by atoms with Gasteiger partial charge in [-0.2, -0.15) is 11.8 Å². The van der Waals surface area contributed by atoms with Crippen LogP contribution in [-0.2, 0) is 4.79 Å². The van der Waals surface area contributed by atoms with Crippen LogP contribution in [0.1, 0.15) is 6.42 Å². The zero-order valence-electron chi connectivity index (χ0n) is 6.78. The Bertz CT molecular complexity index is 270. The largest absolute Gasteiger partial charge is 0.373 e. The molecule has 0 bridgehead atoms. The molecule has 0 aromatic carbocycles. The molecule has 3 nitrogen and oxygen atoms in total. The molecule has 5 unspecified atom stereocenters. The van der Waals surface area contributed by atoms with E-state index in [0.29, 0.717) is 11.8 Å². The van der Waals surface area contributed by atoms with E-state index in [4.69, 9.17) is 0 Å². The average molecular weight is 185 g/mol. The number of thioether (sulfide) groups is 1. The first kappa shape index (κ1) is 7.21. The van der Waals surface area contributed by atoms with Gasteiger partial charge in [-0.25, -0.2) is 0 Å². The lowest BCUT2D eigenvalue weighted by atomic mass is 9.96. The Morgan fingerprint density at radius 1 is 1.75 bits per heavy atom. The lowest BCUT2D eigenvalue weighted by Crippen LogP contribution is -2.50. The van der Waals surface area contributed by atoms with Crippen LogP contribution in [0.4, 0.5) is 0 Å². The zero-order chi connectivity index (χ0) is 8.51. The smallest absolute Gasteiger partial charge is 0.235 e. The van der Waals surface area contributed by atoms with Crippen molar-refractivity contribution in [1.82, 2.24) is 5.32 Å². The van der Waals surface area contributed by atoms with Crippen molar-refractivity contribution in [3.63, 3.8) is 0 Å². The Kier molecular flexibility index (Phi) is 1.10. The van der Waals surface area contributed by atoms with E-state index in [1.165, 1.54) is 0 Å². The zero-order valence-corrected chi connectivity index (χ0v) is 7.60. The van der Waals surface area contributed by atoms with E-state index in [2.05, 4.69) is 5.32 Å². The molecule has 3 aliphatic rings. The molecule has 0 aromatic rings. The number of carbonyl (C=O) groups excluding carboxylic acids is 1. The molecule has 1 saturated heterocycles. The van der Waals surface area contributed by atoms with Gasteiger partial charge in [0.25, 0.3) is 0 Å². The van der Waals surface area contributed by atoms with Crippen LogP contribution < -0.4 is 5.32 Å². The van der Waals surface area contributed by atoms with Gasteiger partial charge in [-0.05, 0) is 18.6 Å². The third-order valence-electron chi connectivity index (χ3n) is 3.64. The minimum absolute atomic E-state index is 0.0336. The summed E-state index contributed by atoms with van der Waals surface area (Å²) in [5.74, 6) is 1.06. The average Bonchev–Trinajstić information content (AvgIpc) is 2.74. The van der Waals surface area contributed by atoms with Crippen LogP contribution in [0, 0.1) is 17.3 Å². The molecule has 3 rings (SSSR count). The highest BCUT2D eigenvalue weighted by Crippen LogP contribution is 2.84. The summed E-state index contributed by atoms with van der Waals surface area (Å²) in [6.07, 6.45) is 2.58. The van der Waals surface area contributed by atoms with Crippen molar-refractivity contribution >= 4 is 17.7 Å². The van der Waals surface area contributed by atoms with E-state index >= 15 is 0 Å². The molecule has 0 aromatic heterocycles. The van der Waals surface area contributed by atoms with Gasteiger partial charge < -0.3 is 10.4 Å². The van der Waals surface area contributed by atoms with Crippen molar-refractivity contribution < 1.29 is 9.90 Å². The van der Waals surface area contributed by atoms with Crippen molar-refractivity contribution in [2.75, 3.05) is 6.26 Å². The summed E-state index contributed by atoms with van der Waals surface area (Å²) in [5.41, 5.74) is 0.223. The molecule has 2 saturated carbocycles. The second-order valence-electron chi connectivity index (χ2n) is 4.02. The number of aliphatic hydroxyl groups is 1. The van der Waals surface area contributed by atoms with Gasteiger partial charge in [0.1, 0.15) is 6.23 Å². The molecule has 2 aliphatic carbocycles. The van der Waals surface area contributed by atoms with Crippen LogP contribution in [0.3, 0.4) is 0 Å². The number of nitrogens with one attached hydrogen (secondary N) is 1. The first-order valence-corrected chi connectivity index (χ1v) is 5.52. The Balaban J connectivity index is 1.91. The summed E-state index contributed by atoms with van der Waals surface area (Å²) in [5, 5.41) is 12.2. The third kappa shape index (κ3) is 0.557. The van der Waals surface area contributed by atoms with Gasteiger partial charge >= 0.3 is 0 Å². The van der Waals surface area contributed by atoms with E-state index in [1.54, 1.807) is 11.8 Å². The second kappa shape index (κ2) is 1.82. The molecule has 12 heavy (non-hydrogen) atoms. The third-order valence-corrected chi connectivity index (χ3v) is 4.77. The minimum atomic E-state index is -0.556. The van der Waals surface area contributed by atoms with Gasteiger partial charge in [0.05, 0.1) is 5.25 Å². The number of fused-ring (bicyclic) bond motifs is 1. The molecule has 1 aliphatic heterocycles. The van der Waals surface area contributed by atoms with Gasteiger partial charge in [0.2, 0.25) is 5.91 Å². The molecule has 2 N–H and O–H groups in total. The SMILES string of the molecule is CSC1C(=O)NC(O)C2C3CC132. The Morgan fingerprint density at radius 2 is 2.50 bits per heavy atom. The molecule has 4 heteroatoms. The van der Waals surface area contributed by atoms with E-state index < -0.39 is 6.23 Å². The molecule has 3 fully saturated rings. The fourth-order valence-electron chi connectivity index (χ4n) is 2.87. The maximum absolute atomic E-state index is 11.4. The maximum atomic E-state index is 11.4. The topological polar surface area (TPSA) is 49.3 Å². The van der Waals surface area contributed by atoms with Gasteiger partial charge in [0, 0.05) is 11.3 Å². The summed E-state index contributed by atoms with van der Waals surface area (Å²) in [6, 6.07) is 0. The molecular formula is C8H11NO2S. The van der Waals surface area contributed by atoms with Crippen molar-refractivity contribution in [2.24, 2.45) is 17.3 Å². The van der Waals surface area contributed by atoms with Crippen molar-refractivity contribution in [2.45, 2.75) is 17.9 Å². The fraction of sp³-hybridized carbons (Fsp3) is 0.875. The summed E-state index contributed by atoms with van der Waals surface area (Å²) in [7, 11) is 0. The first-order valence-electron chi connectivity index (χ1n) is 4.23. The molecular weight excluding hydrogens is 174 g/mol. The monoisotopic (exact) mass is 185 g/mol. The van der Waals surface area contributed by atoms with E-state index in [0.717, 1.165) is 6.42 Å². The van der Waals surface area contributed by atoms with Crippen molar-refractivity contribution in [1.29, 1.82) is 0 Å². The van der Waals surface area contributed by atoms with Gasteiger partial charge in [-0.3, -0.25) is 4.79 Å². The molecule has 1 spiro atoms. The van der Waals surface area contributed by atoms with Crippen molar-refractivity contribution in [3.8, 4) is 0 Å². The highest BCUT2D eigenvalue weighted by Gasteiger charge is 2.86. The lowest BCUT2D eigenvalue weighted by molar-refractivity contribution is -0.128. The predicted octanol–water partition coefficient (Wildman–Crippen LogP) is -0.198. The Hall–Kier alpha value is -0.220. The van der Waals surface area contributed by atoms with Gasteiger partial charge in [-0.15, -0.1) is 0 Å². The highest BCUT2D eigenvalue weighted by atomic mass is 32.2. The summed E-state index contributed by atoms with van der Waals surface area (Å²) in [4.78, 5) is 11.4. The van der Waals surface area contributed by atoms with E-state index in [1.807, 2.05) is 6.26 Å². The quantitative estimate of drug-likeness (QED) is 0.595. The number of amides is 1. The number of aliphatic hydroxyl groups excluding tert-OH is 1. The second-order valence-corrected chi connectivity index (χ2v) is 4.96. The standard InChI is InChI=1S/C8H11NO2S/c1-12-5-7(11)9-6(10)4-3-2-8(3,4)5/h3-6,10H,2H2,1H3,(H,9,11). The number of piperidine rings is 1. The molecule has 0 radical (unpaired) electrons. The van der Waals surface area contributed by atoms with Gasteiger partial charge in [-0.1, -0.05) is 0 Å². The Morgan fingerprint density at radius 3 is 3.08 bits per heavy atom. The van der Waals surface area contributed by atoms with Crippen LogP contribution in [0.2, 0.25) is 0 Å². The summed E-state index contributed by atoms with van der Waals surface area (Å²) >= 11 is 1.62. The number of carbonyl (C=O) groups is 1. The van der Waals surface area contributed by atoms with Crippen molar-refractivity contribution in [3.05, 3.63) is 0 Å². The molecule has 1 heterocycles. The summed E-state index contributed by atoms with van der Waals surface area (Å²) in [6.45, 7) is 0. The first-order chi connectivity index (χ1) is 5.71. The Labute approximate surface area is 74.9 Å². The predicted molar refractivity (Wildman–Crippen MR) is 45.5 cm³/mol. The molecule has 66 valence electrons. The molecule has 1 amide bonds. The number of hydrogen-bond acceptors (Lipinski definition) is 3. The maximum Gasteiger partial charge on any atom is 0.235 e. The normalized spacial score (nSPS) is 60.0. The fourth-order valence-corrected chi connectivity index (χ4v) is 4.02. The number of hydrogen-bond donors (Lipinski definition) is 2. The lowest BCUT2D eigenvalue weighted by Gasteiger charge is -2.30. The van der Waals surface area contributed by atoms with E-state index in [-0.39, 0.29) is 16.6 Å². The summed E-state index contributed by atoms with van der Waals surface area (Å²) < 4.78 is 0. The van der Waals surface area contributed by atoms with Crippen LogP contribution in [0.15, 0.2) is 0 Å². The van der Waals surface area contributed by atoms with E-state index in [9.17, 15) is 9.90 Å². The minimum Gasteiger partial charge on any atom is -0.373 e. The number of rotatable bonds is 1. The van der Waals surface area contributed by atoms with Crippen LogP contribution in [-0.4, -0.2) is 28.7 Å². The van der Waals surface area contributed by atoms with Crippen LogP contribution in [0.5, 0.6) is 0 Å².